The van der Waals surface area contributed by atoms with Crippen LogP contribution in [0.15, 0.2) is 18.2 Å². The Morgan fingerprint density at radius 3 is 2.02 bits per heavy atom. The lowest BCUT2D eigenvalue weighted by molar-refractivity contribution is -0.138. The fraction of sp³-hybridized carbons (Fsp3) is 0.778. The zero-order chi connectivity index (χ0) is 32.4. The van der Waals surface area contributed by atoms with Crippen molar-refractivity contribution in [3.8, 4) is 5.75 Å². The third kappa shape index (κ3) is 11.5. The summed E-state index contributed by atoms with van der Waals surface area (Å²) in [4.78, 5) is 26.3. The van der Waals surface area contributed by atoms with E-state index in [-0.39, 0.29) is 17.2 Å². The second kappa shape index (κ2) is 20.1. The van der Waals surface area contributed by atoms with E-state index in [1.807, 2.05) is 6.07 Å². The molecule has 0 unspecified atom stereocenters. The first-order chi connectivity index (χ1) is 21.8. The first kappa shape index (κ1) is 37.3. The minimum absolute atomic E-state index is 0.130. The molecule has 9 heteroatoms. The maximum absolute atomic E-state index is 13.7. The van der Waals surface area contributed by atoms with Gasteiger partial charge in [-0.25, -0.2) is 4.79 Å². The number of carbonyl (C=O) groups is 2. The molecule has 1 aromatic rings. The number of benzene rings is 1. The van der Waals surface area contributed by atoms with Gasteiger partial charge in [-0.05, 0) is 138 Å². The molecule has 3 rings (SSSR count). The molecular formula is C36H64N6O3. The Morgan fingerprint density at radius 2 is 1.38 bits per heavy atom. The zero-order valence-corrected chi connectivity index (χ0v) is 28.5. The molecule has 9 nitrogen and oxygen atoms in total. The van der Waals surface area contributed by atoms with Crippen LogP contribution in [0.25, 0.3) is 0 Å². The number of hydrogen-bond acceptors (Lipinski definition) is 7. The SMILES string of the molecule is C[C@]1(C(=O)NCCCNCCCCCCN)CCC[C@]2(C)c3cc(OC(=O)NCCCNCCCCCCN)ccc3CC[C@@H]12. The number of unbranched alkanes of at least 4 members (excludes halogenated alkanes) is 6. The normalized spacial score (nSPS) is 22.4. The van der Waals surface area contributed by atoms with Crippen LogP contribution in [0, 0.1) is 11.3 Å². The van der Waals surface area contributed by atoms with Crippen molar-refractivity contribution in [1.29, 1.82) is 0 Å². The number of carbonyl (C=O) groups excluding carboxylic acids is 2. The maximum atomic E-state index is 13.7. The summed E-state index contributed by atoms with van der Waals surface area (Å²) in [5.41, 5.74) is 13.1. The molecule has 2 aliphatic rings. The smallest absolute Gasteiger partial charge is 0.410 e. The maximum Gasteiger partial charge on any atom is 0.412 e. The van der Waals surface area contributed by atoms with Crippen LogP contribution in [0.4, 0.5) is 4.79 Å². The van der Waals surface area contributed by atoms with Gasteiger partial charge in [0.1, 0.15) is 5.75 Å². The summed E-state index contributed by atoms with van der Waals surface area (Å²) in [5, 5.41) is 13.1. The van der Waals surface area contributed by atoms with E-state index in [0.29, 0.717) is 18.8 Å². The minimum Gasteiger partial charge on any atom is -0.410 e. The average Bonchev–Trinajstić information content (AvgIpc) is 3.03. The van der Waals surface area contributed by atoms with E-state index in [4.69, 9.17) is 16.2 Å². The molecule has 1 fully saturated rings. The van der Waals surface area contributed by atoms with Gasteiger partial charge in [0.15, 0.2) is 0 Å². The van der Waals surface area contributed by atoms with Gasteiger partial charge in [0, 0.05) is 13.1 Å². The summed E-state index contributed by atoms with van der Waals surface area (Å²) >= 11 is 0. The summed E-state index contributed by atoms with van der Waals surface area (Å²) in [6.07, 6.45) is 15.7. The summed E-state index contributed by atoms with van der Waals surface area (Å²) < 4.78 is 5.73. The van der Waals surface area contributed by atoms with Crippen molar-refractivity contribution in [1.82, 2.24) is 21.3 Å². The third-order valence-electron chi connectivity index (χ3n) is 10.3. The molecule has 2 aliphatic carbocycles. The third-order valence-corrected chi connectivity index (χ3v) is 10.3. The van der Waals surface area contributed by atoms with Gasteiger partial charge in [-0.1, -0.05) is 52.0 Å². The van der Waals surface area contributed by atoms with Crippen LogP contribution >= 0.6 is 0 Å². The van der Waals surface area contributed by atoms with Crippen LogP contribution < -0.4 is 37.5 Å². The summed E-state index contributed by atoms with van der Waals surface area (Å²) in [6, 6.07) is 6.10. The molecule has 0 bridgehead atoms. The van der Waals surface area contributed by atoms with Gasteiger partial charge in [0.2, 0.25) is 5.91 Å². The number of aryl methyl sites for hydroxylation is 1. The predicted molar refractivity (Wildman–Crippen MR) is 185 cm³/mol. The van der Waals surface area contributed by atoms with Gasteiger partial charge >= 0.3 is 6.09 Å². The molecular weight excluding hydrogens is 564 g/mol. The predicted octanol–water partition coefficient (Wildman–Crippen LogP) is 4.90. The van der Waals surface area contributed by atoms with Crippen molar-refractivity contribution < 1.29 is 14.3 Å². The van der Waals surface area contributed by atoms with Gasteiger partial charge < -0.3 is 37.5 Å². The van der Waals surface area contributed by atoms with Crippen molar-refractivity contribution in [2.45, 2.75) is 116 Å². The standard InChI is InChI=1S/C36H64N6O3/c1-35-18-11-19-36(2,33(43)41-26-12-24-39-22-9-5-3-7-20-37)32(35)17-15-29-14-16-30(28-31(29)35)45-34(44)42-27-13-25-40-23-10-6-4-8-21-38/h14,16,28,32,39-40H,3-13,15,17-27,37-38H2,1-2H3,(H,41,43)(H,42,44)/t32-,35-,36+/m1/s1. The Labute approximate surface area is 273 Å². The van der Waals surface area contributed by atoms with Crippen LogP contribution in [0.3, 0.4) is 0 Å². The molecule has 0 heterocycles. The Balaban J connectivity index is 1.45. The quantitative estimate of drug-likeness (QED) is 0.100. The van der Waals surface area contributed by atoms with Crippen LogP contribution in [0.5, 0.6) is 5.75 Å². The average molecular weight is 629 g/mol. The summed E-state index contributed by atoms with van der Waals surface area (Å²) in [7, 11) is 0. The van der Waals surface area contributed by atoms with Crippen molar-refractivity contribution >= 4 is 12.0 Å². The second-order valence-electron chi connectivity index (χ2n) is 13.8. The minimum atomic E-state index is -0.414. The molecule has 45 heavy (non-hydrogen) atoms. The second-order valence-corrected chi connectivity index (χ2v) is 13.8. The molecule has 0 saturated heterocycles. The van der Waals surface area contributed by atoms with Gasteiger partial charge in [-0.2, -0.15) is 0 Å². The highest BCUT2D eigenvalue weighted by molar-refractivity contribution is 5.83. The number of amides is 2. The number of fused-ring (bicyclic) bond motifs is 3. The molecule has 0 radical (unpaired) electrons. The summed E-state index contributed by atoms with van der Waals surface area (Å²) in [6.45, 7) is 11.1. The van der Waals surface area contributed by atoms with E-state index >= 15 is 0 Å². The number of hydrogen-bond donors (Lipinski definition) is 6. The number of ether oxygens (including phenoxy) is 1. The molecule has 8 N–H and O–H groups in total. The van der Waals surface area contributed by atoms with E-state index in [9.17, 15) is 9.59 Å². The van der Waals surface area contributed by atoms with Crippen LogP contribution in [-0.2, 0) is 16.6 Å². The molecule has 256 valence electrons. The van der Waals surface area contributed by atoms with E-state index in [0.717, 1.165) is 103 Å². The molecule has 1 saturated carbocycles. The van der Waals surface area contributed by atoms with Gasteiger partial charge in [-0.3, -0.25) is 4.79 Å². The first-order valence-corrected chi connectivity index (χ1v) is 18.0. The lowest BCUT2D eigenvalue weighted by Crippen LogP contribution is -2.55. The molecule has 1 aromatic carbocycles. The number of nitrogens with one attached hydrogen (secondary N) is 4. The summed E-state index contributed by atoms with van der Waals surface area (Å²) in [5.74, 6) is 1.01. The lowest BCUT2D eigenvalue weighted by Gasteiger charge is -2.54. The fourth-order valence-electron chi connectivity index (χ4n) is 7.68. The Kier molecular flexibility index (Phi) is 16.7. The van der Waals surface area contributed by atoms with Crippen molar-refractivity contribution in [3.63, 3.8) is 0 Å². The van der Waals surface area contributed by atoms with Gasteiger partial charge in [-0.15, -0.1) is 0 Å². The van der Waals surface area contributed by atoms with Crippen LogP contribution in [0.2, 0.25) is 0 Å². The monoisotopic (exact) mass is 629 g/mol. The Morgan fingerprint density at radius 1 is 0.778 bits per heavy atom. The zero-order valence-electron chi connectivity index (χ0n) is 28.5. The molecule has 2 amide bonds. The van der Waals surface area contributed by atoms with E-state index in [1.165, 1.54) is 43.2 Å². The largest absolute Gasteiger partial charge is 0.412 e. The molecule has 3 atom stereocenters. The molecule has 0 aliphatic heterocycles. The highest BCUT2D eigenvalue weighted by Gasteiger charge is 2.54. The van der Waals surface area contributed by atoms with Crippen LogP contribution in [0.1, 0.15) is 115 Å². The highest BCUT2D eigenvalue weighted by atomic mass is 16.6. The Bertz CT molecular complexity index is 1020. The number of nitrogens with two attached hydrogens (primary N) is 2. The van der Waals surface area contributed by atoms with E-state index in [1.54, 1.807) is 0 Å². The first-order valence-electron chi connectivity index (χ1n) is 18.0. The van der Waals surface area contributed by atoms with Crippen molar-refractivity contribution in [3.05, 3.63) is 29.3 Å². The molecule has 0 aromatic heterocycles. The number of rotatable bonds is 22. The lowest BCUT2D eigenvalue weighted by atomic mass is 9.49. The van der Waals surface area contributed by atoms with E-state index < -0.39 is 11.5 Å². The Hall–Kier alpha value is -2.20. The van der Waals surface area contributed by atoms with Gasteiger partial charge in [0.25, 0.3) is 0 Å². The van der Waals surface area contributed by atoms with Crippen LogP contribution in [-0.4, -0.2) is 64.4 Å². The fourth-order valence-corrected chi connectivity index (χ4v) is 7.68. The van der Waals surface area contributed by atoms with Crippen molar-refractivity contribution in [2.75, 3.05) is 52.4 Å². The topological polar surface area (TPSA) is 144 Å². The van der Waals surface area contributed by atoms with E-state index in [2.05, 4.69) is 47.2 Å². The molecule has 0 spiro atoms. The highest BCUT2D eigenvalue weighted by Crippen LogP contribution is 2.57. The van der Waals surface area contributed by atoms with Gasteiger partial charge in [0.05, 0.1) is 5.41 Å². The van der Waals surface area contributed by atoms with Crippen molar-refractivity contribution in [2.24, 2.45) is 22.8 Å².